The van der Waals surface area contributed by atoms with Crippen LogP contribution in [-0.4, -0.2) is 41.8 Å². The lowest BCUT2D eigenvalue weighted by atomic mass is 9.97. The van der Waals surface area contributed by atoms with Gasteiger partial charge in [0.25, 0.3) is 5.91 Å². The molecule has 0 atom stereocenters. The lowest BCUT2D eigenvalue weighted by Gasteiger charge is -2.39. The summed E-state index contributed by atoms with van der Waals surface area (Å²) in [6.45, 7) is 0.933. The third kappa shape index (κ3) is 2.67. The van der Waals surface area contributed by atoms with E-state index in [1.165, 1.54) is 0 Å². The van der Waals surface area contributed by atoms with E-state index in [2.05, 4.69) is 4.98 Å². The molecule has 126 valence electrons. The van der Waals surface area contributed by atoms with Gasteiger partial charge < -0.3 is 14.8 Å². The van der Waals surface area contributed by atoms with Crippen molar-refractivity contribution in [3.05, 3.63) is 66.4 Å². The van der Waals surface area contributed by atoms with Crippen molar-refractivity contribution >= 4 is 28.4 Å². The molecule has 2 aromatic carbocycles. The number of anilines is 1. The second-order valence-corrected chi connectivity index (χ2v) is 6.39. The zero-order valence-electron chi connectivity index (χ0n) is 14.0. The van der Waals surface area contributed by atoms with E-state index in [9.17, 15) is 9.59 Å². The molecule has 1 aromatic heterocycles. The standard InChI is InChI=1S/C20H19N3O2/c1-22(15-7-3-2-4-8-15)19(24)14-12-23(13-14)20(25)17-11-21-18-10-6-5-9-16(17)18/h2-11,14,21H,12-13H2,1H3. The summed E-state index contributed by atoms with van der Waals surface area (Å²) in [5.41, 5.74) is 2.48. The molecular formula is C20H19N3O2. The van der Waals surface area contributed by atoms with Crippen LogP contribution in [0.4, 0.5) is 5.69 Å². The van der Waals surface area contributed by atoms with Crippen molar-refractivity contribution in [2.75, 3.05) is 25.0 Å². The molecule has 4 rings (SSSR count). The maximum absolute atomic E-state index is 12.7. The Kier molecular flexibility index (Phi) is 3.76. The average molecular weight is 333 g/mol. The Balaban J connectivity index is 1.43. The van der Waals surface area contributed by atoms with Crippen LogP contribution in [0.15, 0.2) is 60.8 Å². The number of para-hydroxylation sites is 2. The van der Waals surface area contributed by atoms with Gasteiger partial charge in [-0.25, -0.2) is 0 Å². The molecule has 0 unspecified atom stereocenters. The van der Waals surface area contributed by atoms with Crippen LogP contribution in [0.2, 0.25) is 0 Å². The first kappa shape index (κ1) is 15.4. The number of benzene rings is 2. The number of nitrogens with zero attached hydrogens (tertiary/aromatic N) is 2. The van der Waals surface area contributed by atoms with E-state index in [0.29, 0.717) is 18.7 Å². The quantitative estimate of drug-likeness (QED) is 0.801. The highest BCUT2D eigenvalue weighted by atomic mass is 16.2. The molecule has 5 nitrogen and oxygen atoms in total. The second kappa shape index (κ2) is 6.09. The van der Waals surface area contributed by atoms with Crippen molar-refractivity contribution < 1.29 is 9.59 Å². The van der Waals surface area contributed by atoms with Gasteiger partial charge in [-0.15, -0.1) is 0 Å². The Hall–Kier alpha value is -3.08. The Morgan fingerprint density at radius 2 is 1.72 bits per heavy atom. The first-order valence-corrected chi connectivity index (χ1v) is 8.33. The number of aromatic amines is 1. The Morgan fingerprint density at radius 3 is 2.48 bits per heavy atom. The molecule has 2 heterocycles. The number of hydrogen-bond acceptors (Lipinski definition) is 2. The molecule has 1 aliphatic rings. The van der Waals surface area contributed by atoms with Crippen LogP contribution in [0, 0.1) is 5.92 Å². The molecule has 0 bridgehead atoms. The fourth-order valence-corrected chi connectivity index (χ4v) is 3.27. The molecule has 0 aliphatic carbocycles. The molecule has 25 heavy (non-hydrogen) atoms. The molecule has 0 radical (unpaired) electrons. The summed E-state index contributed by atoms with van der Waals surface area (Å²) in [6, 6.07) is 17.3. The van der Waals surface area contributed by atoms with Crippen molar-refractivity contribution in [3.8, 4) is 0 Å². The third-order valence-corrected chi connectivity index (χ3v) is 4.81. The zero-order chi connectivity index (χ0) is 17.4. The van der Waals surface area contributed by atoms with Gasteiger partial charge >= 0.3 is 0 Å². The maximum Gasteiger partial charge on any atom is 0.256 e. The summed E-state index contributed by atoms with van der Waals surface area (Å²) >= 11 is 0. The zero-order valence-corrected chi connectivity index (χ0v) is 14.0. The molecule has 1 N–H and O–H groups in total. The average Bonchev–Trinajstić information content (AvgIpc) is 3.04. The molecule has 1 aliphatic heterocycles. The summed E-state index contributed by atoms with van der Waals surface area (Å²) in [5.74, 6) is -0.114. The van der Waals surface area contributed by atoms with Crippen molar-refractivity contribution in [2.24, 2.45) is 5.92 Å². The number of likely N-dealkylation sites (tertiary alicyclic amines) is 1. The SMILES string of the molecule is CN(C(=O)C1CN(C(=O)c2c[nH]c3ccccc23)C1)c1ccccc1. The molecule has 0 saturated carbocycles. The summed E-state index contributed by atoms with van der Waals surface area (Å²) in [6.07, 6.45) is 1.75. The van der Waals surface area contributed by atoms with Gasteiger partial charge in [0, 0.05) is 42.9 Å². The van der Waals surface area contributed by atoms with E-state index in [4.69, 9.17) is 0 Å². The van der Waals surface area contributed by atoms with E-state index in [0.717, 1.165) is 16.6 Å². The number of fused-ring (bicyclic) bond motifs is 1. The van der Waals surface area contributed by atoms with Crippen LogP contribution in [0.3, 0.4) is 0 Å². The molecule has 1 saturated heterocycles. The number of carbonyl (C=O) groups excluding carboxylic acids is 2. The lowest BCUT2D eigenvalue weighted by molar-refractivity contribution is -0.126. The van der Waals surface area contributed by atoms with E-state index >= 15 is 0 Å². The summed E-state index contributed by atoms with van der Waals surface area (Å²) in [4.78, 5) is 31.8. The Bertz CT molecular complexity index is 926. The van der Waals surface area contributed by atoms with Gasteiger partial charge in [0.15, 0.2) is 0 Å². The third-order valence-electron chi connectivity index (χ3n) is 4.81. The minimum Gasteiger partial charge on any atom is -0.360 e. The molecular weight excluding hydrogens is 314 g/mol. The first-order valence-electron chi connectivity index (χ1n) is 8.33. The minimum absolute atomic E-state index is 0.0242. The van der Waals surface area contributed by atoms with Gasteiger partial charge in [0.2, 0.25) is 5.91 Å². The summed E-state index contributed by atoms with van der Waals surface area (Å²) < 4.78 is 0. The van der Waals surface area contributed by atoms with Crippen LogP contribution >= 0.6 is 0 Å². The molecule has 5 heteroatoms. The number of rotatable bonds is 3. The van der Waals surface area contributed by atoms with Crippen molar-refractivity contribution in [1.29, 1.82) is 0 Å². The largest absolute Gasteiger partial charge is 0.360 e. The predicted molar refractivity (Wildman–Crippen MR) is 97.5 cm³/mol. The van der Waals surface area contributed by atoms with Crippen LogP contribution in [0.5, 0.6) is 0 Å². The smallest absolute Gasteiger partial charge is 0.256 e. The van der Waals surface area contributed by atoms with Gasteiger partial charge in [-0.1, -0.05) is 36.4 Å². The van der Waals surface area contributed by atoms with E-state index in [-0.39, 0.29) is 17.7 Å². The monoisotopic (exact) mass is 333 g/mol. The van der Waals surface area contributed by atoms with Crippen molar-refractivity contribution in [3.63, 3.8) is 0 Å². The number of H-pyrrole nitrogens is 1. The molecule has 3 aromatic rings. The number of carbonyl (C=O) groups is 2. The van der Waals surface area contributed by atoms with Gasteiger partial charge in [-0.05, 0) is 18.2 Å². The van der Waals surface area contributed by atoms with Crippen molar-refractivity contribution in [1.82, 2.24) is 9.88 Å². The second-order valence-electron chi connectivity index (χ2n) is 6.39. The lowest BCUT2D eigenvalue weighted by Crippen LogP contribution is -2.56. The Morgan fingerprint density at radius 1 is 1.04 bits per heavy atom. The molecule has 1 fully saturated rings. The Labute approximate surface area is 145 Å². The van der Waals surface area contributed by atoms with Gasteiger partial charge in [0.05, 0.1) is 11.5 Å². The van der Waals surface area contributed by atoms with E-state index in [1.54, 1.807) is 23.0 Å². The fourth-order valence-electron chi connectivity index (χ4n) is 3.27. The number of nitrogens with one attached hydrogen (secondary N) is 1. The van der Waals surface area contributed by atoms with Crippen LogP contribution in [0.1, 0.15) is 10.4 Å². The number of amides is 2. The fraction of sp³-hybridized carbons (Fsp3) is 0.200. The highest BCUT2D eigenvalue weighted by Crippen LogP contribution is 2.26. The number of aromatic nitrogens is 1. The minimum atomic E-state index is -0.139. The highest BCUT2D eigenvalue weighted by Gasteiger charge is 2.38. The highest BCUT2D eigenvalue weighted by molar-refractivity contribution is 6.07. The van der Waals surface area contributed by atoms with E-state index in [1.807, 2.05) is 54.6 Å². The predicted octanol–water partition coefficient (Wildman–Crippen LogP) is 2.90. The normalized spacial score (nSPS) is 14.4. The van der Waals surface area contributed by atoms with E-state index < -0.39 is 0 Å². The van der Waals surface area contributed by atoms with Crippen LogP contribution in [-0.2, 0) is 4.79 Å². The summed E-state index contributed by atoms with van der Waals surface area (Å²) in [5, 5.41) is 0.920. The molecule has 0 spiro atoms. The van der Waals surface area contributed by atoms with Crippen LogP contribution in [0.25, 0.3) is 10.9 Å². The summed E-state index contributed by atoms with van der Waals surface area (Å²) in [7, 11) is 1.78. The van der Waals surface area contributed by atoms with Crippen molar-refractivity contribution in [2.45, 2.75) is 0 Å². The van der Waals surface area contributed by atoms with Gasteiger partial charge in [-0.3, -0.25) is 9.59 Å². The van der Waals surface area contributed by atoms with Crippen LogP contribution < -0.4 is 4.90 Å². The van der Waals surface area contributed by atoms with Gasteiger partial charge in [-0.2, -0.15) is 0 Å². The topological polar surface area (TPSA) is 56.4 Å². The molecule has 2 amide bonds. The van der Waals surface area contributed by atoms with Gasteiger partial charge in [0.1, 0.15) is 0 Å². The number of hydrogen-bond donors (Lipinski definition) is 1. The first-order chi connectivity index (χ1) is 12.1. The maximum atomic E-state index is 12.7.